The molecule has 156 valence electrons. The Hall–Kier alpha value is -2.49. The van der Waals surface area contributed by atoms with E-state index in [0.29, 0.717) is 12.1 Å². The Kier molecular flexibility index (Phi) is 8.56. The second kappa shape index (κ2) is 10.9. The molecular weight excluding hydrogens is 481 g/mol. The molecule has 1 aliphatic rings. The average Bonchev–Trinajstić information content (AvgIpc) is 2.75. The maximum atomic E-state index is 11.3. The lowest BCUT2D eigenvalue weighted by atomic mass is 10.1. The van der Waals surface area contributed by atoms with Crippen LogP contribution >= 0.6 is 24.0 Å². The van der Waals surface area contributed by atoms with E-state index in [2.05, 4.69) is 32.2 Å². The molecule has 8 heteroatoms. The standard InChI is InChI=1S/C21H27N5O2.HI/c1-23-21(24-15-16-4-3-5-17(14-16)20(22)27)26-12-10-25(11-13-26)18-6-8-19(28-2)9-7-18;/h3-9,14H,10-13,15H2,1-2H3,(H2,22,27)(H,23,24);1H. The fourth-order valence-electron chi connectivity index (χ4n) is 3.32. The number of methoxy groups -OCH3 is 1. The van der Waals surface area contributed by atoms with Crippen molar-refractivity contribution < 1.29 is 9.53 Å². The molecule has 0 spiro atoms. The minimum Gasteiger partial charge on any atom is -0.497 e. The fraction of sp³-hybridized carbons (Fsp3) is 0.333. The number of ether oxygens (including phenoxy) is 1. The highest BCUT2D eigenvalue weighted by molar-refractivity contribution is 14.0. The second-order valence-electron chi connectivity index (χ2n) is 6.64. The molecule has 29 heavy (non-hydrogen) atoms. The van der Waals surface area contributed by atoms with Crippen molar-refractivity contribution in [2.24, 2.45) is 10.7 Å². The number of hydrogen-bond donors (Lipinski definition) is 2. The van der Waals surface area contributed by atoms with Crippen molar-refractivity contribution in [3.8, 4) is 5.75 Å². The van der Waals surface area contributed by atoms with Crippen molar-refractivity contribution in [3.05, 3.63) is 59.7 Å². The Labute approximate surface area is 188 Å². The van der Waals surface area contributed by atoms with Gasteiger partial charge in [-0.15, -0.1) is 24.0 Å². The molecule has 0 radical (unpaired) electrons. The van der Waals surface area contributed by atoms with E-state index in [1.807, 2.05) is 30.3 Å². The number of piperazine rings is 1. The first kappa shape index (κ1) is 22.8. The van der Waals surface area contributed by atoms with Crippen molar-refractivity contribution in [2.45, 2.75) is 6.54 Å². The number of carbonyl (C=O) groups excluding carboxylic acids is 1. The first-order chi connectivity index (χ1) is 13.6. The van der Waals surface area contributed by atoms with Gasteiger partial charge in [-0.3, -0.25) is 9.79 Å². The van der Waals surface area contributed by atoms with Crippen molar-refractivity contribution in [2.75, 3.05) is 45.2 Å². The smallest absolute Gasteiger partial charge is 0.248 e. The Morgan fingerprint density at radius 3 is 2.41 bits per heavy atom. The molecule has 3 N–H and O–H groups in total. The molecule has 0 bridgehead atoms. The normalized spacial score (nSPS) is 14.2. The molecule has 2 aromatic carbocycles. The summed E-state index contributed by atoms with van der Waals surface area (Å²) in [5.41, 5.74) is 8.07. The monoisotopic (exact) mass is 509 g/mol. The number of carbonyl (C=O) groups is 1. The number of anilines is 1. The van der Waals surface area contributed by atoms with E-state index < -0.39 is 5.91 Å². The molecule has 0 aromatic heterocycles. The number of aliphatic imine (C=N–C) groups is 1. The molecule has 0 saturated carbocycles. The molecule has 0 unspecified atom stereocenters. The third-order valence-electron chi connectivity index (χ3n) is 4.89. The summed E-state index contributed by atoms with van der Waals surface area (Å²) in [6.07, 6.45) is 0. The molecule has 7 nitrogen and oxygen atoms in total. The third kappa shape index (κ3) is 5.99. The van der Waals surface area contributed by atoms with Crippen molar-refractivity contribution in [1.82, 2.24) is 10.2 Å². The van der Waals surface area contributed by atoms with Crippen LogP contribution in [0.3, 0.4) is 0 Å². The molecule has 1 heterocycles. The van der Waals surface area contributed by atoms with Gasteiger partial charge < -0.3 is 25.6 Å². The van der Waals surface area contributed by atoms with Crippen LogP contribution in [-0.2, 0) is 6.54 Å². The van der Waals surface area contributed by atoms with Gasteiger partial charge in [-0.2, -0.15) is 0 Å². The number of hydrogen-bond acceptors (Lipinski definition) is 4. The number of guanidine groups is 1. The summed E-state index contributed by atoms with van der Waals surface area (Å²) in [6, 6.07) is 15.5. The Morgan fingerprint density at radius 2 is 1.83 bits per heavy atom. The van der Waals surface area contributed by atoms with Gasteiger partial charge in [-0.1, -0.05) is 12.1 Å². The van der Waals surface area contributed by atoms with Crippen LogP contribution < -0.4 is 20.7 Å². The molecule has 1 aliphatic heterocycles. The number of halogens is 1. The van der Waals surface area contributed by atoms with Gasteiger partial charge in [0, 0.05) is 51.0 Å². The summed E-state index contributed by atoms with van der Waals surface area (Å²) in [4.78, 5) is 20.4. The molecule has 1 saturated heterocycles. The van der Waals surface area contributed by atoms with Gasteiger partial charge in [0.2, 0.25) is 5.91 Å². The predicted molar refractivity (Wildman–Crippen MR) is 127 cm³/mol. The van der Waals surface area contributed by atoms with Crippen LogP contribution in [0, 0.1) is 0 Å². The topological polar surface area (TPSA) is 83.2 Å². The Bertz CT molecular complexity index is 833. The lowest BCUT2D eigenvalue weighted by Crippen LogP contribution is -2.52. The van der Waals surface area contributed by atoms with Crippen LogP contribution in [0.15, 0.2) is 53.5 Å². The van der Waals surface area contributed by atoms with Crippen LogP contribution in [0.2, 0.25) is 0 Å². The van der Waals surface area contributed by atoms with Crippen LogP contribution in [0.25, 0.3) is 0 Å². The maximum absolute atomic E-state index is 11.3. The quantitative estimate of drug-likeness (QED) is 0.368. The predicted octanol–water partition coefficient (Wildman–Crippen LogP) is 2.31. The van der Waals surface area contributed by atoms with Gasteiger partial charge in [-0.05, 0) is 42.0 Å². The first-order valence-electron chi connectivity index (χ1n) is 9.34. The van der Waals surface area contributed by atoms with Crippen molar-refractivity contribution in [3.63, 3.8) is 0 Å². The number of nitrogens with zero attached hydrogens (tertiary/aromatic N) is 3. The number of benzene rings is 2. The Balaban J connectivity index is 0.00000300. The molecule has 1 fully saturated rings. The zero-order chi connectivity index (χ0) is 19.9. The number of rotatable bonds is 5. The van der Waals surface area contributed by atoms with Crippen LogP contribution in [0.5, 0.6) is 5.75 Å². The first-order valence-corrected chi connectivity index (χ1v) is 9.34. The lowest BCUT2D eigenvalue weighted by Gasteiger charge is -2.37. The highest BCUT2D eigenvalue weighted by Crippen LogP contribution is 2.20. The number of nitrogens with one attached hydrogen (secondary N) is 1. The van der Waals surface area contributed by atoms with E-state index in [0.717, 1.165) is 43.5 Å². The van der Waals surface area contributed by atoms with Gasteiger partial charge in [0.25, 0.3) is 0 Å². The van der Waals surface area contributed by atoms with Crippen molar-refractivity contribution >= 4 is 41.5 Å². The summed E-state index contributed by atoms with van der Waals surface area (Å²) in [5, 5.41) is 3.38. The number of nitrogens with two attached hydrogens (primary N) is 1. The number of primary amides is 1. The highest BCUT2D eigenvalue weighted by atomic mass is 127. The van der Waals surface area contributed by atoms with Gasteiger partial charge >= 0.3 is 0 Å². The maximum Gasteiger partial charge on any atom is 0.248 e. The van der Waals surface area contributed by atoms with E-state index >= 15 is 0 Å². The molecule has 0 aliphatic carbocycles. The summed E-state index contributed by atoms with van der Waals surface area (Å²) in [5.74, 6) is 1.31. The highest BCUT2D eigenvalue weighted by Gasteiger charge is 2.19. The van der Waals surface area contributed by atoms with Gasteiger partial charge in [0.1, 0.15) is 5.75 Å². The van der Waals surface area contributed by atoms with E-state index in [1.165, 1.54) is 5.69 Å². The second-order valence-corrected chi connectivity index (χ2v) is 6.64. The van der Waals surface area contributed by atoms with Crippen molar-refractivity contribution in [1.29, 1.82) is 0 Å². The van der Waals surface area contributed by atoms with E-state index in [1.54, 1.807) is 20.2 Å². The minimum absolute atomic E-state index is 0. The molecule has 0 atom stereocenters. The average molecular weight is 509 g/mol. The molecule has 2 aromatic rings. The largest absolute Gasteiger partial charge is 0.497 e. The summed E-state index contributed by atoms with van der Waals surface area (Å²) >= 11 is 0. The Morgan fingerprint density at radius 1 is 1.14 bits per heavy atom. The SMILES string of the molecule is CN=C(NCc1cccc(C(N)=O)c1)N1CCN(c2ccc(OC)cc2)CC1.I. The molecule has 1 amide bonds. The minimum atomic E-state index is -0.416. The van der Waals surface area contributed by atoms with Gasteiger partial charge in [-0.25, -0.2) is 0 Å². The van der Waals surface area contributed by atoms with Crippen LogP contribution in [0.1, 0.15) is 15.9 Å². The zero-order valence-corrected chi connectivity index (χ0v) is 19.1. The summed E-state index contributed by atoms with van der Waals surface area (Å²) in [7, 11) is 3.47. The third-order valence-corrected chi connectivity index (χ3v) is 4.89. The molecular formula is C21H28IN5O2. The zero-order valence-electron chi connectivity index (χ0n) is 16.8. The fourth-order valence-corrected chi connectivity index (χ4v) is 3.32. The summed E-state index contributed by atoms with van der Waals surface area (Å²) < 4.78 is 5.23. The van der Waals surface area contributed by atoms with Crippen LogP contribution in [0.4, 0.5) is 5.69 Å². The van der Waals surface area contributed by atoms with E-state index in [-0.39, 0.29) is 24.0 Å². The van der Waals surface area contributed by atoms with E-state index in [4.69, 9.17) is 10.5 Å². The lowest BCUT2D eigenvalue weighted by molar-refractivity contribution is 0.1000. The summed E-state index contributed by atoms with van der Waals surface area (Å²) in [6.45, 7) is 4.20. The van der Waals surface area contributed by atoms with Gasteiger partial charge in [0.15, 0.2) is 5.96 Å². The molecule has 3 rings (SSSR count). The number of amides is 1. The van der Waals surface area contributed by atoms with Gasteiger partial charge in [0.05, 0.1) is 7.11 Å². The van der Waals surface area contributed by atoms with E-state index in [9.17, 15) is 4.79 Å². The van der Waals surface area contributed by atoms with Crippen LogP contribution in [-0.4, -0.2) is 57.1 Å².